The molecule has 3 rings (SSSR count). The number of nitrogens with zero attached hydrogens (tertiary/aromatic N) is 1. The summed E-state index contributed by atoms with van der Waals surface area (Å²) >= 11 is 2.00. The lowest BCUT2D eigenvalue weighted by Gasteiger charge is -2.27. The van der Waals surface area contributed by atoms with Crippen molar-refractivity contribution in [3.05, 3.63) is 29.8 Å². The summed E-state index contributed by atoms with van der Waals surface area (Å²) in [6.07, 6.45) is 2.51. The number of benzene rings is 1. The van der Waals surface area contributed by atoms with Gasteiger partial charge in [0, 0.05) is 11.8 Å². The van der Waals surface area contributed by atoms with Crippen LogP contribution in [0, 0.1) is 0 Å². The number of ether oxygens (including phenoxy) is 1. The van der Waals surface area contributed by atoms with E-state index in [1.165, 1.54) is 18.6 Å². The van der Waals surface area contributed by atoms with Gasteiger partial charge < -0.3 is 9.64 Å². The number of hydrogen-bond acceptors (Lipinski definition) is 4. The molecule has 1 aromatic rings. The summed E-state index contributed by atoms with van der Waals surface area (Å²) in [6, 6.07) is 8.06. The van der Waals surface area contributed by atoms with Crippen LogP contribution in [-0.4, -0.2) is 41.5 Å². The van der Waals surface area contributed by atoms with Gasteiger partial charge in [-0.25, -0.2) is 0 Å². The van der Waals surface area contributed by atoms with Gasteiger partial charge in [-0.3, -0.25) is 10.1 Å². The van der Waals surface area contributed by atoms with Crippen molar-refractivity contribution in [2.75, 3.05) is 25.4 Å². The standard InChI is InChI=1S/C16H22N2O2S/c1-2-20-13-7-5-12(6-8-13)16-17-10-15(19)18(16)11-14-4-3-9-21-14/h5-8,14,16-17H,2-4,9-11H2,1H3. The van der Waals surface area contributed by atoms with Crippen molar-refractivity contribution < 1.29 is 9.53 Å². The van der Waals surface area contributed by atoms with E-state index in [1.807, 2.05) is 35.7 Å². The van der Waals surface area contributed by atoms with Gasteiger partial charge in [0.15, 0.2) is 0 Å². The fourth-order valence-corrected chi connectivity index (χ4v) is 4.23. The third-order valence-electron chi connectivity index (χ3n) is 4.01. The van der Waals surface area contributed by atoms with Gasteiger partial charge in [-0.05, 0) is 43.2 Å². The highest BCUT2D eigenvalue weighted by Crippen LogP contribution is 2.31. The third kappa shape index (κ3) is 3.35. The summed E-state index contributed by atoms with van der Waals surface area (Å²) < 4.78 is 5.47. The lowest BCUT2D eigenvalue weighted by molar-refractivity contribution is -0.128. The number of nitrogens with one attached hydrogen (secondary N) is 1. The molecule has 1 amide bonds. The molecule has 0 spiro atoms. The zero-order valence-corrected chi connectivity index (χ0v) is 13.2. The van der Waals surface area contributed by atoms with Crippen LogP contribution in [-0.2, 0) is 4.79 Å². The molecule has 2 heterocycles. The normalized spacial score (nSPS) is 25.6. The molecule has 2 unspecified atom stereocenters. The van der Waals surface area contributed by atoms with Crippen molar-refractivity contribution in [3.8, 4) is 5.75 Å². The maximum absolute atomic E-state index is 12.1. The highest BCUT2D eigenvalue weighted by atomic mass is 32.2. The van der Waals surface area contributed by atoms with Crippen LogP contribution in [0.5, 0.6) is 5.75 Å². The van der Waals surface area contributed by atoms with Crippen molar-refractivity contribution in [2.24, 2.45) is 0 Å². The zero-order chi connectivity index (χ0) is 14.7. The first-order chi connectivity index (χ1) is 10.3. The third-order valence-corrected chi connectivity index (χ3v) is 5.39. The first-order valence-electron chi connectivity index (χ1n) is 7.65. The van der Waals surface area contributed by atoms with E-state index in [9.17, 15) is 4.79 Å². The maximum Gasteiger partial charge on any atom is 0.238 e. The first-order valence-corrected chi connectivity index (χ1v) is 8.70. The van der Waals surface area contributed by atoms with Gasteiger partial charge in [0.05, 0.1) is 13.2 Å². The molecule has 5 heteroatoms. The molecule has 2 aliphatic rings. The molecule has 0 aromatic heterocycles. The Labute approximate surface area is 130 Å². The number of carbonyl (C=O) groups excluding carboxylic acids is 1. The second-order valence-corrected chi connectivity index (χ2v) is 6.87. The average Bonchev–Trinajstić information content (AvgIpc) is 3.12. The second kappa shape index (κ2) is 6.71. The molecule has 0 bridgehead atoms. The van der Waals surface area contributed by atoms with E-state index < -0.39 is 0 Å². The Morgan fingerprint density at radius 2 is 2.19 bits per heavy atom. The first kappa shape index (κ1) is 14.7. The van der Waals surface area contributed by atoms with Crippen LogP contribution in [0.15, 0.2) is 24.3 Å². The highest BCUT2D eigenvalue weighted by molar-refractivity contribution is 8.00. The molecule has 4 nitrogen and oxygen atoms in total. The number of carbonyl (C=O) groups is 1. The Hall–Kier alpha value is -1.20. The van der Waals surface area contributed by atoms with Crippen molar-refractivity contribution in [3.63, 3.8) is 0 Å². The Morgan fingerprint density at radius 1 is 1.38 bits per heavy atom. The molecule has 2 fully saturated rings. The Kier molecular flexibility index (Phi) is 4.70. The van der Waals surface area contributed by atoms with Gasteiger partial charge in [0.1, 0.15) is 11.9 Å². The highest BCUT2D eigenvalue weighted by Gasteiger charge is 2.33. The number of amides is 1. The van der Waals surface area contributed by atoms with E-state index >= 15 is 0 Å². The zero-order valence-electron chi connectivity index (χ0n) is 12.4. The lowest BCUT2D eigenvalue weighted by atomic mass is 10.1. The minimum atomic E-state index is 0.00868. The summed E-state index contributed by atoms with van der Waals surface area (Å²) in [7, 11) is 0. The van der Waals surface area contributed by atoms with E-state index in [-0.39, 0.29) is 12.1 Å². The van der Waals surface area contributed by atoms with Crippen LogP contribution in [0.25, 0.3) is 0 Å². The summed E-state index contributed by atoms with van der Waals surface area (Å²) in [6.45, 7) is 3.94. The smallest absolute Gasteiger partial charge is 0.238 e. The SMILES string of the molecule is CCOc1ccc(C2NCC(=O)N2CC2CCCS2)cc1. The molecule has 1 aromatic carbocycles. The van der Waals surface area contributed by atoms with Gasteiger partial charge in [-0.1, -0.05) is 12.1 Å². The van der Waals surface area contributed by atoms with Crippen LogP contribution in [0.4, 0.5) is 0 Å². The minimum absolute atomic E-state index is 0.00868. The van der Waals surface area contributed by atoms with E-state index in [1.54, 1.807) is 0 Å². The van der Waals surface area contributed by atoms with Gasteiger partial charge in [-0.15, -0.1) is 0 Å². The van der Waals surface area contributed by atoms with Crippen LogP contribution < -0.4 is 10.1 Å². The summed E-state index contributed by atoms with van der Waals surface area (Å²) in [4.78, 5) is 14.1. The van der Waals surface area contributed by atoms with E-state index in [2.05, 4.69) is 17.4 Å². The Balaban J connectivity index is 1.71. The van der Waals surface area contributed by atoms with Crippen molar-refractivity contribution in [1.29, 1.82) is 0 Å². The van der Waals surface area contributed by atoms with Gasteiger partial charge in [-0.2, -0.15) is 11.8 Å². The predicted molar refractivity (Wildman–Crippen MR) is 85.5 cm³/mol. The Bertz CT molecular complexity index is 486. The summed E-state index contributed by atoms with van der Waals surface area (Å²) in [5.41, 5.74) is 1.13. The van der Waals surface area contributed by atoms with Crippen LogP contribution >= 0.6 is 11.8 Å². The fourth-order valence-electron chi connectivity index (χ4n) is 2.97. The molecule has 2 saturated heterocycles. The molecule has 1 N–H and O–H groups in total. The molecule has 114 valence electrons. The molecule has 0 aliphatic carbocycles. The molecule has 2 atom stereocenters. The van der Waals surface area contributed by atoms with Crippen molar-refractivity contribution >= 4 is 17.7 Å². The Morgan fingerprint density at radius 3 is 2.86 bits per heavy atom. The number of hydrogen-bond donors (Lipinski definition) is 1. The molecule has 21 heavy (non-hydrogen) atoms. The maximum atomic E-state index is 12.1. The van der Waals surface area contributed by atoms with Crippen LogP contribution in [0.3, 0.4) is 0 Å². The summed E-state index contributed by atoms with van der Waals surface area (Å²) in [5, 5.41) is 3.92. The largest absolute Gasteiger partial charge is 0.494 e. The number of rotatable bonds is 5. The van der Waals surface area contributed by atoms with Crippen molar-refractivity contribution in [2.45, 2.75) is 31.2 Å². The average molecular weight is 306 g/mol. The van der Waals surface area contributed by atoms with E-state index in [4.69, 9.17) is 4.74 Å². The molecule has 0 saturated carbocycles. The van der Waals surface area contributed by atoms with E-state index in [0.29, 0.717) is 18.4 Å². The van der Waals surface area contributed by atoms with E-state index in [0.717, 1.165) is 17.9 Å². The van der Waals surface area contributed by atoms with Gasteiger partial charge >= 0.3 is 0 Å². The fraction of sp³-hybridized carbons (Fsp3) is 0.562. The monoisotopic (exact) mass is 306 g/mol. The molecular formula is C16H22N2O2S. The predicted octanol–water partition coefficient (Wildman–Crippen LogP) is 2.41. The lowest BCUT2D eigenvalue weighted by Crippen LogP contribution is -2.35. The molecule has 0 radical (unpaired) electrons. The van der Waals surface area contributed by atoms with Crippen LogP contribution in [0.1, 0.15) is 31.5 Å². The number of thioether (sulfide) groups is 1. The molecular weight excluding hydrogens is 284 g/mol. The van der Waals surface area contributed by atoms with Crippen molar-refractivity contribution in [1.82, 2.24) is 10.2 Å². The quantitative estimate of drug-likeness (QED) is 0.907. The van der Waals surface area contributed by atoms with Crippen LogP contribution in [0.2, 0.25) is 0 Å². The topological polar surface area (TPSA) is 41.6 Å². The van der Waals surface area contributed by atoms with Gasteiger partial charge in [0.2, 0.25) is 5.91 Å². The minimum Gasteiger partial charge on any atom is -0.494 e. The van der Waals surface area contributed by atoms with Gasteiger partial charge in [0.25, 0.3) is 0 Å². The molecule has 2 aliphatic heterocycles. The summed E-state index contributed by atoms with van der Waals surface area (Å²) in [5.74, 6) is 2.32. The second-order valence-electron chi connectivity index (χ2n) is 5.47.